The maximum atomic E-state index is 12.6. The molecule has 1 saturated carbocycles. The van der Waals surface area contributed by atoms with E-state index in [9.17, 15) is 18.0 Å². The Labute approximate surface area is 196 Å². The summed E-state index contributed by atoms with van der Waals surface area (Å²) < 4.78 is 44.0. The molecule has 1 aliphatic carbocycles. The van der Waals surface area contributed by atoms with Crippen LogP contribution in [-0.4, -0.2) is 27.0 Å². The second-order valence-corrected chi connectivity index (χ2v) is 10.2. The molecule has 0 saturated heterocycles. The second kappa shape index (κ2) is 8.96. The summed E-state index contributed by atoms with van der Waals surface area (Å²) in [6, 6.07) is 11.8. The van der Waals surface area contributed by atoms with Gasteiger partial charge in [0, 0.05) is 18.0 Å². The van der Waals surface area contributed by atoms with E-state index in [1.165, 1.54) is 12.1 Å². The van der Waals surface area contributed by atoms with Crippen molar-refractivity contribution < 1.29 is 27.8 Å². The van der Waals surface area contributed by atoms with Gasteiger partial charge < -0.3 is 14.4 Å². The van der Waals surface area contributed by atoms with Crippen LogP contribution in [0.25, 0.3) is 22.4 Å². The van der Waals surface area contributed by atoms with E-state index in [2.05, 4.69) is 30.1 Å². The molecule has 0 spiro atoms. The lowest BCUT2D eigenvalue weighted by Crippen LogP contribution is -2.29. The summed E-state index contributed by atoms with van der Waals surface area (Å²) in [5, 5.41) is 9.02. The van der Waals surface area contributed by atoms with Crippen LogP contribution in [0.3, 0.4) is 0 Å². The summed E-state index contributed by atoms with van der Waals surface area (Å²) in [5.74, 6) is 0.0866. The highest BCUT2D eigenvalue weighted by Gasteiger charge is 2.35. The highest BCUT2D eigenvalue weighted by Crippen LogP contribution is 2.46. The number of nitrogens with zero attached hydrogens (tertiary/aromatic N) is 2. The summed E-state index contributed by atoms with van der Waals surface area (Å²) in [7, 11) is 0. The molecule has 1 heterocycles. The van der Waals surface area contributed by atoms with Gasteiger partial charge in [0.15, 0.2) is 0 Å². The summed E-state index contributed by atoms with van der Waals surface area (Å²) in [4.78, 5) is 15.9. The fourth-order valence-corrected chi connectivity index (χ4v) is 5.42. The Morgan fingerprint density at radius 2 is 1.88 bits per heavy atom. The summed E-state index contributed by atoms with van der Waals surface area (Å²) in [6.07, 6.45) is -1.22. The van der Waals surface area contributed by atoms with Gasteiger partial charge in [0.2, 0.25) is 0 Å². The third-order valence-electron chi connectivity index (χ3n) is 6.46. The molecular weight excluding hydrogens is 445 g/mol. The minimum Gasteiger partial charge on any atom is -0.481 e. The Morgan fingerprint density at radius 3 is 2.50 bits per heavy atom. The van der Waals surface area contributed by atoms with Crippen LogP contribution in [0, 0.1) is 11.3 Å². The quantitative estimate of drug-likeness (QED) is 0.418. The van der Waals surface area contributed by atoms with Gasteiger partial charge in [-0.05, 0) is 79.0 Å². The third-order valence-corrected chi connectivity index (χ3v) is 6.46. The number of ether oxygens (including phenoxy) is 1. The molecule has 2 atom stereocenters. The van der Waals surface area contributed by atoms with Crippen molar-refractivity contribution in [2.24, 2.45) is 11.3 Å². The van der Waals surface area contributed by atoms with E-state index in [0.29, 0.717) is 23.7 Å². The smallest absolute Gasteiger partial charge is 0.481 e. The van der Waals surface area contributed by atoms with Gasteiger partial charge in [-0.2, -0.15) is 0 Å². The Bertz CT molecular complexity index is 1180. The molecule has 3 aromatic rings. The van der Waals surface area contributed by atoms with E-state index in [0.717, 1.165) is 35.9 Å². The van der Waals surface area contributed by atoms with Crippen molar-refractivity contribution in [3.63, 3.8) is 0 Å². The maximum Gasteiger partial charge on any atom is 0.573 e. The van der Waals surface area contributed by atoms with Gasteiger partial charge in [-0.3, -0.25) is 4.79 Å². The Balaban J connectivity index is 1.79. The normalized spacial score (nSPS) is 20.4. The molecule has 0 aliphatic heterocycles. The molecule has 1 fully saturated rings. The van der Waals surface area contributed by atoms with Crippen molar-refractivity contribution in [1.82, 2.24) is 9.55 Å². The average molecular weight is 475 g/mol. The number of hydrogen-bond acceptors (Lipinski definition) is 3. The molecule has 34 heavy (non-hydrogen) atoms. The van der Waals surface area contributed by atoms with Gasteiger partial charge in [-0.25, -0.2) is 4.98 Å². The van der Waals surface area contributed by atoms with Crippen molar-refractivity contribution in [3.8, 4) is 17.1 Å². The first-order valence-corrected chi connectivity index (χ1v) is 11.5. The van der Waals surface area contributed by atoms with Gasteiger partial charge in [-0.1, -0.05) is 26.8 Å². The lowest BCUT2D eigenvalue weighted by molar-refractivity contribution is -0.274. The largest absolute Gasteiger partial charge is 0.573 e. The first-order valence-electron chi connectivity index (χ1n) is 11.5. The maximum absolute atomic E-state index is 12.6. The van der Waals surface area contributed by atoms with Gasteiger partial charge >= 0.3 is 12.3 Å². The van der Waals surface area contributed by atoms with Crippen LogP contribution in [-0.2, 0) is 11.2 Å². The van der Waals surface area contributed by atoms with Gasteiger partial charge in [-0.15, -0.1) is 13.2 Å². The molecular formula is C26H29F3N2O3. The van der Waals surface area contributed by atoms with E-state index < -0.39 is 12.3 Å². The lowest BCUT2D eigenvalue weighted by atomic mass is 9.70. The number of aryl methyl sites for hydroxylation is 1. The number of aromatic nitrogens is 2. The van der Waals surface area contributed by atoms with Crippen LogP contribution in [0.15, 0.2) is 42.5 Å². The van der Waals surface area contributed by atoms with Gasteiger partial charge in [0.05, 0.1) is 11.0 Å². The van der Waals surface area contributed by atoms with Crippen LogP contribution in [0.5, 0.6) is 5.75 Å². The van der Waals surface area contributed by atoms with Crippen LogP contribution >= 0.6 is 0 Å². The standard InChI is InChI=1S/C26H29F3N2O3/c1-16-12-19(15-25(2,3)14-16)31-22-10-4-17(5-11-23(32)33)13-21(22)30-24(31)18-6-8-20(9-7-18)34-26(27,28)29/h4,6-10,13,16,19H,5,11-12,14-15H2,1-3H3,(H,32,33)/t16-,19+/m0/s1. The second-order valence-electron chi connectivity index (χ2n) is 10.2. The molecule has 0 bridgehead atoms. The monoisotopic (exact) mass is 474 g/mol. The highest BCUT2D eigenvalue weighted by atomic mass is 19.4. The molecule has 1 N–H and O–H groups in total. The van der Waals surface area contributed by atoms with Crippen molar-refractivity contribution in [2.45, 2.75) is 65.3 Å². The van der Waals surface area contributed by atoms with Crippen LogP contribution in [0.4, 0.5) is 13.2 Å². The zero-order valence-electron chi connectivity index (χ0n) is 19.5. The Hall–Kier alpha value is -3.03. The van der Waals surface area contributed by atoms with Crippen molar-refractivity contribution in [3.05, 3.63) is 48.0 Å². The summed E-state index contributed by atoms with van der Waals surface area (Å²) in [5.41, 5.74) is 3.44. The molecule has 8 heteroatoms. The number of benzene rings is 2. The van der Waals surface area contributed by atoms with Crippen LogP contribution in [0.1, 0.15) is 58.1 Å². The number of halogens is 3. The topological polar surface area (TPSA) is 64.4 Å². The number of carbonyl (C=O) groups is 1. The third kappa shape index (κ3) is 5.54. The van der Waals surface area contributed by atoms with E-state index >= 15 is 0 Å². The van der Waals surface area contributed by atoms with Crippen molar-refractivity contribution in [1.29, 1.82) is 0 Å². The number of carboxylic acid groups (broad SMARTS) is 1. The minimum absolute atomic E-state index is 0.0358. The molecule has 5 nitrogen and oxygen atoms in total. The first-order chi connectivity index (χ1) is 15.9. The Kier molecular flexibility index (Phi) is 6.36. The zero-order valence-corrected chi connectivity index (χ0v) is 19.5. The number of alkyl halides is 3. The predicted octanol–water partition coefficient (Wildman–Crippen LogP) is 7.01. The van der Waals surface area contributed by atoms with Crippen LogP contribution < -0.4 is 4.74 Å². The van der Waals surface area contributed by atoms with Crippen LogP contribution in [0.2, 0.25) is 0 Å². The highest BCUT2D eigenvalue weighted by molar-refractivity contribution is 5.82. The fourth-order valence-electron chi connectivity index (χ4n) is 5.42. The molecule has 2 aromatic carbocycles. The van der Waals surface area contributed by atoms with Crippen molar-refractivity contribution >= 4 is 17.0 Å². The molecule has 0 radical (unpaired) electrons. The fraction of sp³-hybridized carbons (Fsp3) is 0.462. The van der Waals surface area contributed by atoms with Gasteiger partial charge in [0.1, 0.15) is 11.6 Å². The Morgan fingerprint density at radius 1 is 1.18 bits per heavy atom. The molecule has 1 aromatic heterocycles. The first kappa shape index (κ1) is 24.1. The van der Waals surface area contributed by atoms with E-state index in [4.69, 9.17) is 10.1 Å². The predicted molar refractivity (Wildman–Crippen MR) is 124 cm³/mol. The average Bonchev–Trinajstić information content (AvgIpc) is 3.09. The molecule has 182 valence electrons. The molecule has 0 amide bonds. The molecule has 4 rings (SSSR count). The molecule has 1 aliphatic rings. The van der Waals surface area contributed by atoms with E-state index in [-0.39, 0.29) is 23.6 Å². The molecule has 0 unspecified atom stereocenters. The number of aliphatic carboxylic acids is 1. The lowest BCUT2D eigenvalue weighted by Gasteiger charge is -2.40. The number of carboxylic acids is 1. The number of hydrogen-bond donors (Lipinski definition) is 1. The number of fused-ring (bicyclic) bond motifs is 1. The summed E-state index contributed by atoms with van der Waals surface area (Å²) >= 11 is 0. The zero-order chi connectivity index (χ0) is 24.7. The number of imidazole rings is 1. The number of rotatable bonds is 6. The van der Waals surface area contributed by atoms with Crippen molar-refractivity contribution in [2.75, 3.05) is 0 Å². The van der Waals surface area contributed by atoms with E-state index in [1.807, 2.05) is 18.2 Å². The SMILES string of the molecule is C[C@H]1C[C@@H](n2c(-c3ccc(OC(F)(F)F)cc3)nc3cc(CCC(=O)O)ccc32)CC(C)(C)C1. The minimum atomic E-state index is -4.75. The van der Waals surface area contributed by atoms with Gasteiger partial charge in [0.25, 0.3) is 0 Å². The van der Waals surface area contributed by atoms with E-state index in [1.54, 1.807) is 12.1 Å². The summed E-state index contributed by atoms with van der Waals surface area (Å²) in [6.45, 7) is 6.78.